The molecule has 1 atom stereocenters. The van der Waals surface area contributed by atoms with Crippen LogP contribution in [0.3, 0.4) is 0 Å². The fraction of sp³-hybridized carbons (Fsp3) is 0.455. The van der Waals surface area contributed by atoms with E-state index >= 15 is 0 Å². The van der Waals surface area contributed by atoms with Gasteiger partial charge in [-0.2, -0.15) is 0 Å². The lowest BCUT2D eigenvalue weighted by molar-refractivity contribution is 0.607. The molecule has 0 radical (unpaired) electrons. The molecule has 0 heterocycles. The van der Waals surface area contributed by atoms with Gasteiger partial charge in [-0.05, 0) is 55.0 Å². The van der Waals surface area contributed by atoms with Crippen molar-refractivity contribution < 1.29 is 4.39 Å². The molecule has 1 aliphatic carbocycles. The highest BCUT2D eigenvalue weighted by Gasteiger charge is 2.21. The Bertz CT molecular complexity index is 307. The quantitative estimate of drug-likeness (QED) is 0.740. The first-order valence-corrected chi connectivity index (χ1v) is 4.79. The third kappa shape index (κ3) is 1.59. The summed E-state index contributed by atoms with van der Waals surface area (Å²) in [4.78, 5) is 0. The molecule has 0 fully saturated rings. The van der Waals surface area contributed by atoms with Crippen LogP contribution in [-0.2, 0) is 6.42 Å². The molecule has 0 spiro atoms. The number of fused-ring (bicyclic) bond motifs is 1. The second-order valence-corrected chi connectivity index (χ2v) is 3.66. The molecule has 0 aliphatic heterocycles. The van der Waals surface area contributed by atoms with Crippen LogP contribution in [0.2, 0.25) is 0 Å². The average Bonchev–Trinajstić information content (AvgIpc) is 2.49. The first kappa shape index (κ1) is 8.70. The Morgan fingerprint density at radius 1 is 1.46 bits per heavy atom. The zero-order chi connectivity index (χ0) is 9.26. The molecule has 1 unspecified atom stereocenters. The van der Waals surface area contributed by atoms with Gasteiger partial charge in [-0.25, -0.2) is 4.39 Å². The van der Waals surface area contributed by atoms with Gasteiger partial charge in [0.2, 0.25) is 0 Å². The van der Waals surface area contributed by atoms with Gasteiger partial charge in [0.15, 0.2) is 0 Å². The second kappa shape index (κ2) is 3.46. The highest BCUT2D eigenvalue weighted by atomic mass is 19.1. The maximum Gasteiger partial charge on any atom is 0.123 e. The van der Waals surface area contributed by atoms with E-state index in [1.165, 1.54) is 11.1 Å². The van der Waals surface area contributed by atoms with E-state index in [1.54, 1.807) is 12.1 Å². The summed E-state index contributed by atoms with van der Waals surface area (Å²) in [7, 11) is 0. The van der Waals surface area contributed by atoms with Crippen LogP contribution in [0.1, 0.15) is 29.9 Å². The molecular weight excluding hydrogens is 165 g/mol. The van der Waals surface area contributed by atoms with E-state index in [1.807, 2.05) is 6.07 Å². The van der Waals surface area contributed by atoms with E-state index < -0.39 is 0 Å². The molecule has 1 aliphatic rings. The van der Waals surface area contributed by atoms with Gasteiger partial charge in [0, 0.05) is 0 Å². The number of nitrogens with two attached hydrogens (primary N) is 1. The molecule has 0 amide bonds. The number of rotatable bonds is 2. The van der Waals surface area contributed by atoms with Crippen molar-refractivity contribution in [2.45, 2.75) is 25.2 Å². The lowest BCUT2D eigenvalue weighted by atomic mass is 9.98. The molecule has 0 saturated heterocycles. The summed E-state index contributed by atoms with van der Waals surface area (Å²) in [5.41, 5.74) is 8.00. The van der Waals surface area contributed by atoms with Gasteiger partial charge in [-0.15, -0.1) is 0 Å². The number of hydrogen-bond acceptors (Lipinski definition) is 1. The normalized spacial score (nSPS) is 20.3. The third-order valence-electron chi connectivity index (χ3n) is 2.83. The molecule has 1 aromatic carbocycles. The van der Waals surface area contributed by atoms with Crippen LogP contribution in [0.5, 0.6) is 0 Å². The Morgan fingerprint density at radius 3 is 3.08 bits per heavy atom. The maximum atomic E-state index is 12.9. The molecular formula is C11H14FN. The first-order chi connectivity index (χ1) is 6.31. The van der Waals surface area contributed by atoms with Crippen molar-refractivity contribution in [2.24, 2.45) is 5.73 Å². The molecule has 0 aromatic heterocycles. The van der Waals surface area contributed by atoms with Crippen molar-refractivity contribution in [3.05, 3.63) is 35.1 Å². The van der Waals surface area contributed by atoms with Crippen LogP contribution in [0.25, 0.3) is 0 Å². The molecule has 0 bridgehead atoms. The van der Waals surface area contributed by atoms with Crippen molar-refractivity contribution in [3.63, 3.8) is 0 Å². The van der Waals surface area contributed by atoms with Crippen molar-refractivity contribution in [3.8, 4) is 0 Å². The van der Waals surface area contributed by atoms with E-state index in [-0.39, 0.29) is 5.82 Å². The molecule has 2 heteroatoms. The summed E-state index contributed by atoms with van der Waals surface area (Å²) in [6.45, 7) is 0.695. The van der Waals surface area contributed by atoms with Crippen molar-refractivity contribution in [2.75, 3.05) is 6.54 Å². The Hall–Kier alpha value is -0.890. The SMILES string of the molecule is NCCC1CCc2ccc(F)cc21. The van der Waals surface area contributed by atoms with E-state index in [0.29, 0.717) is 12.5 Å². The first-order valence-electron chi connectivity index (χ1n) is 4.79. The largest absolute Gasteiger partial charge is 0.330 e. The van der Waals surface area contributed by atoms with Crippen LogP contribution in [0.15, 0.2) is 18.2 Å². The molecule has 0 saturated carbocycles. The van der Waals surface area contributed by atoms with Gasteiger partial charge >= 0.3 is 0 Å². The van der Waals surface area contributed by atoms with Gasteiger partial charge in [-0.3, -0.25) is 0 Å². The molecule has 1 aromatic rings. The number of benzene rings is 1. The fourth-order valence-corrected chi connectivity index (χ4v) is 2.16. The lowest BCUT2D eigenvalue weighted by Gasteiger charge is -2.09. The van der Waals surface area contributed by atoms with Crippen LogP contribution < -0.4 is 5.73 Å². The zero-order valence-corrected chi connectivity index (χ0v) is 7.59. The highest BCUT2D eigenvalue weighted by molar-refractivity contribution is 5.35. The summed E-state index contributed by atoms with van der Waals surface area (Å²) < 4.78 is 12.9. The average molecular weight is 179 g/mol. The van der Waals surface area contributed by atoms with Crippen LogP contribution in [0.4, 0.5) is 4.39 Å². The monoisotopic (exact) mass is 179 g/mol. The summed E-state index contributed by atoms with van der Waals surface area (Å²) in [5.74, 6) is 0.373. The number of hydrogen-bond donors (Lipinski definition) is 1. The van der Waals surface area contributed by atoms with E-state index in [9.17, 15) is 4.39 Å². The van der Waals surface area contributed by atoms with Crippen LogP contribution >= 0.6 is 0 Å². The van der Waals surface area contributed by atoms with Gasteiger partial charge < -0.3 is 5.73 Å². The van der Waals surface area contributed by atoms with E-state index in [4.69, 9.17) is 5.73 Å². The lowest BCUT2D eigenvalue weighted by Crippen LogP contribution is -2.04. The third-order valence-corrected chi connectivity index (χ3v) is 2.83. The predicted octanol–water partition coefficient (Wildman–Crippen LogP) is 2.20. The minimum atomic E-state index is -0.123. The van der Waals surface area contributed by atoms with Gasteiger partial charge in [-0.1, -0.05) is 6.07 Å². The predicted molar refractivity (Wildman–Crippen MR) is 51.1 cm³/mol. The minimum absolute atomic E-state index is 0.123. The summed E-state index contributed by atoms with van der Waals surface area (Å²) in [5, 5.41) is 0. The van der Waals surface area contributed by atoms with Crippen molar-refractivity contribution in [1.82, 2.24) is 0 Å². The second-order valence-electron chi connectivity index (χ2n) is 3.66. The van der Waals surface area contributed by atoms with Crippen LogP contribution in [0, 0.1) is 5.82 Å². The Balaban J connectivity index is 2.29. The van der Waals surface area contributed by atoms with Gasteiger partial charge in [0.05, 0.1) is 0 Å². The van der Waals surface area contributed by atoms with Gasteiger partial charge in [0.1, 0.15) is 5.82 Å². The molecule has 1 nitrogen and oxygen atoms in total. The zero-order valence-electron chi connectivity index (χ0n) is 7.59. The minimum Gasteiger partial charge on any atom is -0.330 e. The van der Waals surface area contributed by atoms with Crippen LogP contribution in [-0.4, -0.2) is 6.54 Å². The maximum absolute atomic E-state index is 12.9. The topological polar surface area (TPSA) is 26.0 Å². The fourth-order valence-electron chi connectivity index (χ4n) is 2.16. The highest BCUT2D eigenvalue weighted by Crippen LogP contribution is 2.35. The standard InChI is InChI=1S/C11H14FN/c12-10-4-3-8-1-2-9(5-6-13)11(8)7-10/h3-4,7,9H,1-2,5-6,13H2. The van der Waals surface area contributed by atoms with E-state index in [0.717, 1.165) is 19.3 Å². The molecule has 70 valence electrons. The summed E-state index contributed by atoms with van der Waals surface area (Å²) >= 11 is 0. The van der Waals surface area contributed by atoms with Gasteiger partial charge in [0.25, 0.3) is 0 Å². The number of halogens is 1. The molecule has 13 heavy (non-hydrogen) atoms. The number of aryl methyl sites for hydroxylation is 1. The Morgan fingerprint density at radius 2 is 2.31 bits per heavy atom. The smallest absolute Gasteiger partial charge is 0.123 e. The Kier molecular flexibility index (Phi) is 2.32. The summed E-state index contributed by atoms with van der Waals surface area (Å²) in [6.07, 6.45) is 3.20. The summed E-state index contributed by atoms with van der Waals surface area (Å²) in [6, 6.07) is 5.12. The van der Waals surface area contributed by atoms with E-state index in [2.05, 4.69) is 0 Å². The van der Waals surface area contributed by atoms with Crippen molar-refractivity contribution in [1.29, 1.82) is 0 Å². The molecule has 2 N–H and O–H groups in total. The Labute approximate surface area is 77.8 Å². The molecule has 2 rings (SSSR count). The van der Waals surface area contributed by atoms with Crippen molar-refractivity contribution >= 4 is 0 Å².